The largest absolute Gasteiger partial charge is 0.454 e. The molecule has 0 spiro atoms. The fourth-order valence-electron chi connectivity index (χ4n) is 1.76. The number of nitrogens with one attached hydrogen (secondary N) is 1. The molecule has 1 aromatic carbocycles. The summed E-state index contributed by atoms with van der Waals surface area (Å²) < 4.78 is 24.3. The van der Waals surface area contributed by atoms with Gasteiger partial charge in [-0.3, -0.25) is 15.4 Å². The summed E-state index contributed by atoms with van der Waals surface area (Å²) in [5.74, 6) is -0.740. The first kappa shape index (κ1) is 18.1. The van der Waals surface area contributed by atoms with Crippen LogP contribution < -0.4 is 10.1 Å². The van der Waals surface area contributed by atoms with E-state index < -0.39 is 22.4 Å². The molecule has 0 aliphatic heterocycles. The van der Waals surface area contributed by atoms with E-state index in [9.17, 15) is 19.3 Å². The lowest BCUT2D eigenvalue weighted by molar-refractivity contribution is -0.385. The van der Waals surface area contributed by atoms with Gasteiger partial charge in [-0.2, -0.15) is 0 Å². The van der Waals surface area contributed by atoms with Gasteiger partial charge in [0.1, 0.15) is 17.2 Å². The summed E-state index contributed by atoms with van der Waals surface area (Å²) in [4.78, 5) is 25.6. The van der Waals surface area contributed by atoms with E-state index in [1.165, 1.54) is 18.3 Å². The van der Waals surface area contributed by atoms with Crippen molar-refractivity contribution < 1.29 is 23.6 Å². The third-order valence-electron chi connectivity index (χ3n) is 2.71. The summed E-state index contributed by atoms with van der Waals surface area (Å²) in [6, 6.07) is 5.84. The van der Waals surface area contributed by atoms with Crippen molar-refractivity contribution in [2.24, 2.45) is 0 Å². The van der Waals surface area contributed by atoms with Gasteiger partial charge in [-0.1, -0.05) is 0 Å². The van der Waals surface area contributed by atoms with Crippen LogP contribution in [0.5, 0.6) is 11.5 Å². The van der Waals surface area contributed by atoms with Gasteiger partial charge in [0.15, 0.2) is 11.6 Å². The van der Waals surface area contributed by atoms with E-state index >= 15 is 0 Å². The average Bonchev–Trinajstić information content (AvgIpc) is 2.47. The van der Waals surface area contributed by atoms with Crippen LogP contribution in [0.25, 0.3) is 0 Å². The maximum absolute atomic E-state index is 13.9. The predicted molar refractivity (Wildman–Crippen MR) is 87.2 cm³/mol. The zero-order chi connectivity index (χ0) is 18.6. The number of anilines is 1. The van der Waals surface area contributed by atoms with Crippen LogP contribution in [-0.2, 0) is 4.74 Å². The number of rotatable bonds is 4. The van der Waals surface area contributed by atoms with Gasteiger partial charge in [-0.05, 0) is 32.9 Å². The van der Waals surface area contributed by atoms with E-state index in [1.54, 1.807) is 20.8 Å². The van der Waals surface area contributed by atoms with Gasteiger partial charge < -0.3 is 9.47 Å². The van der Waals surface area contributed by atoms with Crippen molar-refractivity contribution in [2.75, 3.05) is 5.32 Å². The molecule has 25 heavy (non-hydrogen) atoms. The summed E-state index contributed by atoms with van der Waals surface area (Å²) >= 11 is 0. The van der Waals surface area contributed by atoms with Gasteiger partial charge in [0.25, 0.3) is 5.69 Å². The van der Waals surface area contributed by atoms with Crippen molar-refractivity contribution >= 4 is 17.6 Å². The van der Waals surface area contributed by atoms with Crippen LogP contribution in [0.1, 0.15) is 20.8 Å². The molecule has 2 aromatic rings. The van der Waals surface area contributed by atoms with Crippen molar-refractivity contribution in [1.29, 1.82) is 0 Å². The maximum Gasteiger partial charge on any atom is 0.413 e. The lowest BCUT2D eigenvalue weighted by Gasteiger charge is -2.19. The summed E-state index contributed by atoms with van der Waals surface area (Å²) in [5.41, 5.74) is -1.05. The molecule has 132 valence electrons. The van der Waals surface area contributed by atoms with E-state index in [-0.39, 0.29) is 23.0 Å². The number of halogens is 1. The summed E-state index contributed by atoms with van der Waals surface area (Å²) in [6.07, 6.45) is 0.657. The molecule has 0 atom stereocenters. The number of nitro groups is 1. The molecular weight excluding hydrogens is 333 g/mol. The molecule has 0 saturated heterocycles. The molecule has 0 radical (unpaired) electrons. The first-order chi connectivity index (χ1) is 11.6. The molecular formula is C16H16FN3O5. The van der Waals surface area contributed by atoms with Gasteiger partial charge in [0.05, 0.1) is 11.0 Å². The minimum Gasteiger partial charge on any atom is -0.454 e. The van der Waals surface area contributed by atoms with Gasteiger partial charge in [-0.25, -0.2) is 14.2 Å². The molecule has 9 heteroatoms. The van der Waals surface area contributed by atoms with Gasteiger partial charge in [0, 0.05) is 18.3 Å². The molecule has 1 heterocycles. The standard InChI is InChI=1S/C16H16FN3O5/c1-16(2,3)25-15(21)19-14-9-11(6-7-18-14)24-13-5-4-10(20(22)23)8-12(13)17/h4-9H,1-3H3,(H,18,19,21). The smallest absolute Gasteiger partial charge is 0.413 e. The number of carbonyl (C=O) groups is 1. The number of carbonyl (C=O) groups excluding carboxylic acids is 1. The van der Waals surface area contributed by atoms with E-state index in [1.807, 2.05) is 0 Å². The second kappa shape index (κ2) is 7.12. The number of pyridine rings is 1. The van der Waals surface area contributed by atoms with Crippen molar-refractivity contribution in [3.63, 3.8) is 0 Å². The minimum absolute atomic E-state index is 0.147. The van der Waals surface area contributed by atoms with Gasteiger partial charge in [-0.15, -0.1) is 0 Å². The Morgan fingerprint density at radius 1 is 1.28 bits per heavy atom. The van der Waals surface area contributed by atoms with E-state index in [4.69, 9.17) is 9.47 Å². The first-order valence-corrected chi connectivity index (χ1v) is 7.22. The highest BCUT2D eigenvalue weighted by Crippen LogP contribution is 2.28. The summed E-state index contributed by atoms with van der Waals surface area (Å²) in [6.45, 7) is 5.16. The fourth-order valence-corrected chi connectivity index (χ4v) is 1.76. The Kier molecular flexibility index (Phi) is 5.16. The highest BCUT2D eigenvalue weighted by molar-refractivity contribution is 5.83. The molecule has 0 aliphatic carbocycles. The number of aromatic nitrogens is 1. The second-order valence-electron chi connectivity index (χ2n) is 5.98. The number of nitro benzene ring substituents is 1. The molecule has 0 unspecified atom stereocenters. The molecule has 0 saturated carbocycles. The van der Waals surface area contributed by atoms with Crippen LogP contribution >= 0.6 is 0 Å². The molecule has 2 rings (SSSR count). The zero-order valence-electron chi connectivity index (χ0n) is 13.8. The highest BCUT2D eigenvalue weighted by atomic mass is 19.1. The molecule has 1 amide bonds. The normalized spacial score (nSPS) is 10.9. The third-order valence-corrected chi connectivity index (χ3v) is 2.71. The Morgan fingerprint density at radius 2 is 2.00 bits per heavy atom. The van der Waals surface area contributed by atoms with Crippen LogP contribution in [-0.4, -0.2) is 21.6 Å². The van der Waals surface area contributed by atoms with Gasteiger partial charge in [0.2, 0.25) is 0 Å². The number of nitrogens with zero attached hydrogens (tertiary/aromatic N) is 2. The lowest BCUT2D eigenvalue weighted by Crippen LogP contribution is -2.27. The topological polar surface area (TPSA) is 104 Å². The highest BCUT2D eigenvalue weighted by Gasteiger charge is 2.17. The molecule has 0 aliphatic rings. The average molecular weight is 349 g/mol. The Balaban J connectivity index is 2.11. The van der Waals surface area contributed by atoms with Crippen LogP contribution in [0.4, 0.5) is 20.7 Å². The number of non-ortho nitro benzene ring substituents is 1. The quantitative estimate of drug-likeness (QED) is 0.653. The zero-order valence-corrected chi connectivity index (χ0v) is 13.8. The maximum atomic E-state index is 13.9. The van der Waals surface area contributed by atoms with E-state index in [0.717, 1.165) is 18.2 Å². The van der Waals surface area contributed by atoms with Gasteiger partial charge >= 0.3 is 6.09 Å². The Hall–Kier alpha value is -3.23. The number of benzene rings is 1. The minimum atomic E-state index is -0.882. The van der Waals surface area contributed by atoms with Crippen molar-refractivity contribution in [1.82, 2.24) is 4.98 Å². The summed E-state index contributed by atoms with van der Waals surface area (Å²) in [5, 5.41) is 13.0. The van der Waals surface area contributed by atoms with E-state index in [2.05, 4.69) is 10.3 Å². The Labute approximate surface area is 142 Å². The number of hydrogen-bond donors (Lipinski definition) is 1. The van der Waals surface area contributed by atoms with Crippen LogP contribution in [0.2, 0.25) is 0 Å². The van der Waals surface area contributed by atoms with E-state index in [0.29, 0.717) is 0 Å². The number of ether oxygens (including phenoxy) is 2. The monoisotopic (exact) mass is 349 g/mol. The van der Waals surface area contributed by atoms with Crippen LogP contribution in [0, 0.1) is 15.9 Å². The second-order valence-corrected chi connectivity index (χ2v) is 5.98. The lowest BCUT2D eigenvalue weighted by atomic mass is 10.2. The summed E-state index contributed by atoms with van der Waals surface area (Å²) in [7, 11) is 0. The molecule has 0 bridgehead atoms. The molecule has 1 N–H and O–H groups in total. The third kappa shape index (κ3) is 5.41. The molecule has 8 nitrogen and oxygen atoms in total. The SMILES string of the molecule is CC(C)(C)OC(=O)Nc1cc(Oc2ccc([N+](=O)[O-])cc2F)ccn1. The Bertz CT molecular complexity index is 805. The first-order valence-electron chi connectivity index (χ1n) is 7.22. The predicted octanol–water partition coefficient (Wildman–Crippen LogP) is 4.27. The number of hydrogen-bond acceptors (Lipinski definition) is 6. The van der Waals surface area contributed by atoms with Crippen molar-refractivity contribution in [3.8, 4) is 11.5 Å². The molecule has 1 aromatic heterocycles. The fraction of sp³-hybridized carbons (Fsp3) is 0.250. The Morgan fingerprint density at radius 3 is 2.60 bits per heavy atom. The number of amides is 1. The van der Waals surface area contributed by atoms with Crippen molar-refractivity contribution in [3.05, 3.63) is 52.5 Å². The van der Waals surface area contributed by atoms with Crippen LogP contribution in [0.3, 0.4) is 0 Å². The van der Waals surface area contributed by atoms with Crippen molar-refractivity contribution in [2.45, 2.75) is 26.4 Å². The molecule has 0 fully saturated rings. The van der Waals surface area contributed by atoms with Crippen LogP contribution in [0.15, 0.2) is 36.5 Å².